The summed E-state index contributed by atoms with van der Waals surface area (Å²) >= 11 is 0. The number of nitrogens with one attached hydrogen (secondary N) is 2. The van der Waals surface area contributed by atoms with E-state index in [0.29, 0.717) is 12.6 Å². The average molecular weight is 292 g/mol. The molecule has 0 radical (unpaired) electrons. The molecule has 0 bridgehead atoms. The maximum atomic E-state index is 11.4. The van der Waals surface area contributed by atoms with Gasteiger partial charge in [0.15, 0.2) is 0 Å². The lowest BCUT2D eigenvalue weighted by atomic mass is 10.1. The summed E-state index contributed by atoms with van der Waals surface area (Å²) in [5, 5.41) is 15.7. The molecule has 1 aliphatic carbocycles. The maximum absolute atomic E-state index is 11.4. The lowest BCUT2D eigenvalue weighted by molar-refractivity contribution is -0.120. The van der Waals surface area contributed by atoms with Crippen LogP contribution in [-0.2, 0) is 4.79 Å². The zero-order valence-electron chi connectivity index (χ0n) is 12.7. The van der Waals surface area contributed by atoms with E-state index in [1.54, 1.807) is 0 Å². The highest BCUT2D eigenvalue weighted by molar-refractivity contribution is 5.78. The lowest BCUT2D eigenvalue weighted by Crippen LogP contribution is -2.39. The van der Waals surface area contributed by atoms with Gasteiger partial charge in [-0.2, -0.15) is 0 Å². The van der Waals surface area contributed by atoms with E-state index in [1.165, 1.54) is 0 Å². The van der Waals surface area contributed by atoms with Crippen LogP contribution in [0, 0.1) is 13.8 Å². The highest BCUT2D eigenvalue weighted by Gasteiger charge is 2.22. The molecule has 5 heteroatoms. The quantitative estimate of drug-likeness (QED) is 0.666. The van der Waals surface area contributed by atoms with Gasteiger partial charge in [0.2, 0.25) is 5.91 Å². The molecule has 1 saturated carbocycles. The van der Waals surface area contributed by atoms with Gasteiger partial charge in [-0.25, -0.2) is 0 Å². The van der Waals surface area contributed by atoms with Crippen LogP contribution in [0.25, 0.3) is 0 Å². The highest BCUT2D eigenvalue weighted by Crippen LogP contribution is 2.19. The Hall–Kier alpha value is -1.59. The van der Waals surface area contributed by atoms with Crippen LogP contribution in [0.15, 0.2) is 18.2 Å². The fraction of sp³-hybridized carbons (Fsp3) is 0.562. The van der Waals surface area contributed by atoms with Crippen LogP contribution in [0.5, 0.6) is 5.75 Å². The van der Waals surface area contributed by atoms with Gasteiger partial charge in [0.1, 0.15) is 18.5 Å². The third kappa shape index (κ3) is 5.73. The standard InChI is InChI=1S/C16H24N2O3/c1-11-3-4-12(2)15(7-11)21-10-14(19)8-17-9-16(20)18-13-5-6-13/h3-4,7,13-14,17,19H,5-6,8-10H2,1-2H3,(H,18,20). The molecule has 0 heterocycles. The predicted octanol–water partition coefficient (Wildman–Crippen LogP) is 0.911. The second-order valence-corrected chi connectivity index (χ2v) is 5.71. The first-order valence-electron chi connectivity index (χ1n) is 7.43. The highest BCUT2D eigenvalue weighted by atomic mass is 16.5. The van der Waals surface area contributed by atoms with Crippen molar-refractivity contribution in [2.75, 3.05) is 19.7 Å². The smallest absolute Gasteiger partial charge is 0.234 e. The van der Waals surface area contributed by atoms with Crippen LogP contribution in [-0.4, -0.2) is 42.9 Å². The SMILES string of the molecule is Cc1ccc(C)c(OCC(O)CNCC(=O)NC2CC2)c1. The van der Waals surface area contributed by atoms with E-state index >= 15 is 0 Å². The summed E-state index contributed by atoms with van der Waals surface area (Å²) in [6.07, 6.45) is 1.52. The van der Waals surface area contributed by atoms with Crippen LogP contribution in [0.1, 0.15) is 24.0 Å². The molecular formula is C16H24N2O3. The van der Waals surface area contributed by atoms with E-state index in [-0.39, 0.29) is 19.1 Å². The molecule has 1 amide bonds. The number of hydrogen-bond donors (Lipinski definition) is 3. The largest absolute Gasteiger partial charge is 0.491 e. The van der Waals surface area contributed by atoms with Crippen LogP contribution in [0.4, 0.5) is 0 Å². The molecule has 21 heavy (non-hydrogen) atoms. The summed E-state index contributed by atoms with van der Waals surface area (Å²) in [5.41, 5.74) is 2.17. The number of carbonyl (C=O) groups is 1. The first kappa shape index (κ1) is 15.8. The first-order valence-corrected chi connectivity index (χ1v) is 7.43. The van der Waals surface area contributed by atoms with Gasteiger partial charge in [-0.15, -0.1) is 0 Å². The van der Waals surface area contributed by atoms with Gasteiger partial charge in [0, 0.05) is 12.6 Å². The number of aryl methyl sites for hydroxylation is 2. The fourth-order valence-electron chi connectivity index (χ4n) is 1.97. The normalized spacial score (nSPS) is 15.6. The Morgan fingerprint density at radius 2 is 2.19 bits per heavy atom. The minimum Gasteiger partial charge on any atom is -0.491 e. The summed E-state index contributed by atoms with van der Waals surface area (Å²) in [4.78, 5) is 11.4. The van der Waals surface area contributed by atoms with E-state index < -0.39 is 6.10 Å². The van der Waals surface area contributed by atoms with Crippen molar-refractivity contribution in [1.29, 1.82) is 0 Å². The van der Waals surface area contributed by atoms with Crippen molar-refractivity contribution in [1.82, 2.24) is 10.6 Å². The Balaban J connectivity index is 1.63. The number of hydrogen-bond acceptors (Lipinski definition) is 4. The van der Waals surface area contributed by atoms with Gasteiger partial charge in [0.05, 0.1) is 6.54 Å². The molecule has 1 fully saturated rings. The Kier molecular flexibility index (Phi) is 5.59. The summed E-state index contributed by atoms with van der Waals surface area (Å²) in [6, 6.07) is 6.35. The molecule has 0 aliphatic heterocycles. The number of carbonyl (C=O) groups excluding carboxylic acids is 1. The Morgan fingerprint density at radius 1 is 1.43 bits per heavy atom. The molecule has 1 atom stereocenters. The van der Waals surface area contributed by atoms with E-state index in [2.05, 4.69) is 10.6 Å². The van der Waals surface area contributed by atoms with Crippen molar-refractivity contribution in [3.63, 3.8) is 0 Å². The third-order valence-electron chi connectivity index (χ3n) is 3.38. The van der Waals surface area contributed by atoms with Crippen molar-refractivity contribution in [2.24, 2.45) is 0 Å². The number of aliphatic hydroxyl groups excluding tert-OH is 1. The van der Waals surface area contributed by atoms with Crippen LogP contribution < -0.4 is 15.4 Å². The van der Waals surface area contributed by atoms with Crippen molar-refractivity contribution < 1.29 is 14.6 Å². The Bertz CT molecular complexity index is 486. The Morgan fingerprint density at radius 3 is 2.90 bits per heavy atom. The molecular weight excluding hydrogens is 268 g/mol. The van der Waals surface area contributed by atoms with Crippen LogP contribution in [0.2, 0.25) is 0 Å². The molecule has 3 N–H and O–H groups in total. The molecule has 5 nitrogen and oxygen atoms in total. The van der Waals surface area contributed by atoms with Crippen molar-refractivity contribution in [3.8, 4) is 5.75 Å². The second kappa shape index (κ2) is 7.43. The summed E-state index contributed by atoms with van der Waals surface area (Å²) in [5.74, 6) is 0.778. The van der Waals surface area contributed by atoms with Crippen LogP contribution in [0.3, 0.4) is 0 Å². The monoisotopic (exact) mass is 292 g/mol. The first-order chi connectivity index (χ1) is 10.0. The van der Waals surface area contributed by atoms with E-state index in [4.69, 9.17) is 4.74 Å². The van der Waals surface area contributed by atoms with Crippen molar-refractivity contribution in [3.05, 3.63) is 29.3 Å². The summed E-state index contributed by atoms with van der Waals surface area (Å²) in [7, 11) is 0. The molecule has 0 aromatic heterocycles. The molecule has 2 rings (SSSR count). The molecule has 1 aliphatic rings. The molecule has 116 valence electrons. The van der Waals surface area contributed by atoms with Gasteiger partial charge in [-0.1, -0.05) is 12.1 Å². The molecule has 0 spiro atoms. The maximum Gasteiger partial charge on any atom is 0.234 e. The summed E-state index contributed by atoms with van der Waals surface area (Å²) in [6.45, 7) is 4.76. The van der Waals surface area contributed by atoms with Gasteiger partial charge in [0.25, 0.3) is 0 Å². The van der Waals surface area contributed by atoms with Gasteiger partial charge in [-0.05, 0) is 43.9 Å². The summed E-state index contributed by atoms with van der Waals surface area (Å²) < 4.78 is 5.62. The topological polar surface area (TPSA) is 70.6 Å². The number of aliphatic hydroxyl groups is 1. The number of ether oxygens (including phenoxy) is 1. The third-order valence-corrected chi connectivity index (χ3v) is 3.38. The van der Waals surface area contributed by atoms with E-state index in [1.807, 2.05) is 32.0 Å². The van der Waals surface area contributed by atoms with Gasteiger partial charge in [-0.3, -0.25) is 4.79 Å². The number of rotatable bonds is 8. The second-order valence-electron chi connectivity index (χ2n) is 5.71. The molecule has 1 aromatic carbocycles. The molecule has 1 unspecified atom stereocenters. The van der Waals surface area contributed by atoms with Crippen molar-refractivity contribution >= 4 is 5.91 Å². The zero-order chi connectivity index (χ0) is 15.2. The van der Waals surface area contributed by atoms with Crippen LogP contribution >= 0.6 is 0 Å². The predicted molar refractivity (Wildman–Crippen MR) is 81.5 cm³/mol. The van der Waals surface area contributed by atoms with Gasteiger partial charge >= 0.3 is 0 Å². The minimum absolute atomic E-state index is 0.0138. The molecule has 0 saturated heterocycles. The van der Waals surface area contributed by atoms with E-state index in [0.717, 1.165) is 29.7 Å². The van der Waals surface area contributed by atoms with Gasteiger partial charge < -0.3 is 20.5 Å². The zero-order valence-corrected chi connectivity index (χ0v) is 12.7. The minimum atomic E-state index is -0.640. The lowest BCUT2D eigenvalue weighted by Gasteiger charge is -2.15. The average Bonchev–Trinajstić information content (AvgIpc) is 3.23. The van der Waals surface area contributed by atoms with E-state index in [9.17, 15) is 9.90 Å². The molecule has 1 aromatic rings. The number of benzene rings is 1. The Labute approximate surface area is 125 Å². The number of amides is 1. The fourth-order valence-corrected chi connectivity index (χ4v) is 1.97. The van der Waals surface area contributed by atoms with Crippen molar-refractivity contribution in [2.45, 2.75) is 38.8 Å².